The number of hydrogen-bond acceptors (Lipinski definition) is 8. The fourth-order valence-corrected chi connectivity index (χ4v) is 3.93. The molecule has 0 saturated carbocycles. The van der Waals surface area contributed by atoms with Crippen molar-refractivity contribution in [3.05, 3.63) is 48.5 Å². The van der Waals surface area contributed by atoms with E-state index in [1.54, 1.807) is 35.2 Å². The predicted molar refractivity (Wildman–Crippen MR) is 105 cm³/mol. The molecule has 2 aromatic heterocycles. The summed E-state index contributed by atoms with van der Waals surface area (Å²) < 4.78 is 19.6. The summed E-state index contributed by atoms with van der Waals surface area (Å²) in [7, 11) is 0. The van der Waals surface area contributed by atoms with Crippen molar-refractivity contribution < 1.29 is 24.1 Å². The summed E-state index contributed by atoms with van der Waals surface area (Å²) in [5.74, 6) is -0.785. The van der Waals surface area contributed by atoms with Gasteiger partial charge in [-0.05, 0) is 26.0 Å². The topological polar surface area (TPSA) is 121 Å². The van der Waals surface area contributed by atoms with Gasteiger partial charge in [0.2, 0.25) is 0 Å². The zero-order valence-electron chi connectivity index (χ0n) is 16.4. The number of nitrogens with one attached hydrogen (secondary N) is 1. The third-order valence-corrected chi connectivity index (χ3v) is 5.21. The molecule has 2 fully saturated rings. The van der Waals surface area contributed by atoms with Gasteiger partial charge in [0, 0.05) is 5.56 Å². The first-order valence-corrected chi connectivity index (χ1v) is 9.63. The molecule has 4 heterocycles. The summed E-state index contributed by atoms with van der Waals surface area (Å²) in [5.41, 5.74) is 1.41. The molecule has 0 aliphatic carbocycles. The van der Waals surface area contributed by atoms with Gasteiger partial charge in [-0.2, -0.15) is 0 Å². The van der Waals surface area contributed by atoms with Crippen LogP contribution in [0.1, 0.15) is 30.4 Å². The van der Waals surface area contributed by atoms with E-state index in [9.17, 15) is 9.90 Å². The smallest absolute Gasteiger partial charge is 0.256 e. The highest BCUT2D eigenvalue weighted by atomic mass is 16.8. The van der Waals surface area contributed by atoms with Crippen molar-refractivity contribution in [2.24, 2.45) is 0 Å². The van der Waals surface area contributed by atoms with Crippen molar-refractivity contribution in [3.63, 3.8) is 0 Å². The first kappa shape index (κ1) is 19.1. The Morgan fingerprint density at radius 1 is 1.17 bits per heavy atom. The summed E-state index contributed by atoms with van der Waals surface area (Å²) >= 11 is 0. The quantitative estimate of drug-likeness (QED) is 0.662. The van der Waals surface area contributed by atoms with Crippen LogP contribution in [0, 0.1) is 0 Å². The number of amides is 1. The van der Waals surface area contributed by atoms with Gasteiger partial charge >= 0.3 is 0 Å². The van der Waals surface area contributed by atoms with Crippen LogP contribution in [0.25, 0.3) is 11.2 Å². The SMILES string of the molecule is CC1(C)OC2C(O1)[C@@H](CO)O[C@H]2n1cnc2c(NC(=O)c3ccccc3)ncnc21. The molecule has 3 aromatic rings. The second-order valence-corrected chi connectivity index (χ2v) is 7.68. The van der Waals surface area contributed by atoms with Gasteiger partial charge in [-0.3, -0.25) is 9.36 Å². The Kier molecular flexibility index (Phi) is 4.51. The number of imidazole rings is 1. The Balaban J connectivity index is 1.47. The minimum absolute atomic E-state index is 0.197. The molecule has 30 heavy (non-hydrogen) atoms. The molecule has 5 rings (SSSR count). The average molecular weight is 411 g/mol. The van der Waals surface area contributed by atoms with Crippen LogP contribution in [0.3, 0.4) is 0 Å². The van der Waals surface area contributed by atoms with E-state index in [1.807, 2.05) is 19.9 Å². The van der Waals surface area contributed by atoms with Crippen molar-refractivity contribution in [1.29, 1.82) is 0 Å². The lowest BCUT2D eigenvalue weighted by Crippen LogP contribution is -2.31. The van der Waals surface area contributed by atoms with Crippen molar-refractivity contribution in [2.75, 3.05) is 11.9 Å². The first-order chi connectivity index (χ1) is 14.5. The van der Waals surface area contributed by atoms with E-state index in [0.717, 1.165) is 0 Å². The standard InChI is InChI=1S/C20H21N5O5/c1-20(2)29-14-12(8-26)28-19(15(14)30-20)25-10-23-13-16(21-9-22-17(13)25)24-18(27)11-6-4-3-5-7-11/h3-7,9-10,12,14-15,19,26H,8H2,1-2H3,(H,21,22,24,27)/t12-,14?,15?,19-/m1/s1. The van der Waals surface area contributed by atoms with Crippen LogP contribution in [-0.4, -0.2) is 61.2 Å². The van der Waals surface area contributed by atoms with Gasteiger partial charge in [-0.25, -0.2) is 15.0 Å². The molecule has 10 nitrogen and oxygen atoms in total. The third-order valence-electron chi connectivity index (χ3n) is 5.21. The Morgan fingerprint density at radius 2 is 1.93 bits per heavy atom. The maximum atomic E-state index is 12.5. The van der Waals surface area contributed by atoms with E-state index in [1.165, 1.54) is 6.33 Å². The lowest BCUT2D eigenvalue weighted by atomic mass is 10.1. The fourth-order valence-electron chi connectivity index (χ4n) is 3.93. The minimum Gasteiger partial charge on any atom is -0.394 e. The molecule has 1 aromatic carbocycles. The number of aromatic nitrogens is 4. The number of rotatable bonds is 4. The molecule has 2 aliphatic rings. The molecular formula is C20H21N5O5. The molecule has 10 heteroatoms. The summed E-state index contributed by atoms with van der Waals surface area (Å²) in [4.78, 5) is 25.4. The second-order valence-electron chi connectivity index (χ2n) is 7.68. The molecule has 4 atom stereocenters. The van der Waals surface area contributed by atoms with E-state index in [4.69, 9.17) is 14.2 Å². The molecule has 2 N–H and O–H groups in total. The number of anilines is 1. The van der Waals surface area contributed by atoms with Crippen LogP contribution in [0.15, 0.2) is 43.0 Å². The van der Waals surface area contributed by atoms with Gasteiger partial charge < -0.3 is 24.6 Å². The zero-order chi connectivity index (χ0) is 20.9. The number of hydrogen-bond donors (Lipinski definition) is 2. The maximum Gasteiger partial charge on any atom is 0.256 e. The molecule has 0 bridgehead atoms. The van der Waals surface area contributed by atoms with Crippen LogP contribution in [0.5, 0.6) is 0 Å². The highest BCUT2D eigenvalue weighted by Gasteiger charge is 2.56. The molecule has 156 valence electrons. The van der Waals surface area contributed by atoms with Gasteiger partial charge in [-0.15, -0.1) is 0 Å². The highest BCUT2D eigenvalue weighted by Crippen LogP contribution is 2.43. The van der Waals surface area contributed by atoms with Gasteiger partial charge in [0.1, 0.15) is 24.6 Å². The number of aliphatic hydroxyl groups is 1. The van der Waals surface area contributed by atoms with Gasteiger partial charge in [-0.1, -0.05) is 18.2 Å². The number of aliphatic hydroxyl groups excluding tert-OH is 1. The zero-order valence-corrected chi connectivity index (χ0v) is 16.4. The molecule has 2 saturated heterocycles. The van der Waals surface area contributed by atoms with E-state index < -0.39 is 30.3 Å². The number of carbonyl (C=O) groups excluding carboxylic acids is 1. The van der Waals surface area contributed by atoms with Crippen LogP contribution in [0.2, 0.25) is 0 Å². The molecule has 0 radical (unpaired) electrons. The average Bonchev–Trinajstić information content (AvgIpc) is 3.39. The molecule has 2 unspecified atom stereocenters. The summed E-state index contributed by atoms with van der Waals surface area (Å²) in [6.45, 7) is 3.45. The van der Waals surface area contributed by atoms with E-state index in [0.29, 0.717) is 22.5 Å². The van der Waals surface area contributed by atoms with E-state index in [-0.39, 0.29) is 12.5 Å². The van der Waals surface area contributed by atoms with Crippen molar-refractivity contribution in [1.82, 2.24) is 19.5 Å². The molecular weight excluding hydrogens is 390 g/mol. The second kappa shape index (κ2) is 7.10. The summed E-state index contributed by atoms with van der Waals surface area (Å²) in [5, 5.41) is 12.5. The van der Waals surface area contributed by atoms with Crippen molar-refractivity contribution >= 4 is 22.9 Å². The summed E-state index contributed by atoms with van der Waals surface area (Å²) in [6, 6.07) is 8.84. The lowest BCUT2D eigenvalue weighted by molar-refractivity contribution is -0.199. The lowest BCUT2D eigenvalue weighted by Gasteiger charge is -2.24. The number of nitrogens with zero attached hydrogens (tertiary/aromatic N) is 4. The van der Waals surface area contributed by atoms with Crippen LogP contribution < -0.4 is 5.32 Å². The van der Waals surface area contributed by atoms with Crippen LogP contribution >= 0.6 is 0 Å². The first-order valence-electron chi connectivity index (χ1n) is 9.63. The normalized spacial score (nSPS) is 27.3. The van der Waals surface area contributed by atoms with Gasteiger partial charge in [0.05, 0.1) is 12.9 Å². The molecule has 1 amide bonds. The van der Waals surface area contributed by atoms with E-state index in [2.05, 4.69) is 20.3 Å². The number of ether oxygens (including phenoxy) is 3. The number of fused-ring (bicyclic) bond motifs is 2. The summed E-state index contributed by atoms with van der Waals surface area (Å²) in [6.07, 6.45) is 0.948. The predicted octanol–water partition coefficient (Wildman–Crippen LogP) is 1.49. The Bertz CT molecular complexity index is 1090. The Morgan fingerprint density at radius 3 is 2.70 bits per heavy atom. The fraction of sp³-hybridized carbons (Fsp3) is 0.400. The Hall–Kier alpha value is -2.92. The van der Waals surface area contributed by atoms with Crippen LogP contribution in [0.4, 0.5) is 5.82 Å². The third kappa shape index (κ3) is 3.14. The minimum atomic E-state index is -0.787. The maximum absolute atomic E-state index is 12.5. The van der Waals surface area contributed by atoms with Gasteiger partial charge in [0.15, 0.2) is 29.0 Å². The largest absolute Gasteiger partial charge is 0.394 e. The Labute approximate surface area is 171 Å². The van der Waals surface area contributed by atoms with Crippen molar-refractivity contribution in [3.8, 4) is 0 Å². The van der Waals surface area contributed by atoms with Crippen molar-refractivity contribution in [2.45, 2.75) is 44.2 Å². The number of carbonyl (C=O) groups is 1. The monoisotopic (exact) mass is 411 g/mol. The highest BCUT2D eigenvalue weighted by molar-refractivity contribution is 6.06. The van der Waals surface area contributed by atoms with E-state index >= 15 is 0 Å². The molecule has 0 spiro atoms. The molecule has 2 aliphatic heterocycles. The number of benzene rings is 1. The van der Waals surface area contributed by atoms with Crippen LogP contribution in [-0.2, 0) is 14.2 Å². The van der Waals surface area contributed by atoms with Gasteiger partial charge in [0.25, 0.3) is 5.91 Å².